The van der Waals surface area contributed by atoms with E-state index in [1.54, 1.807) is 13.3 Å². The van der Waals surface area contributed by atoms with Gasteiger partial charge in [-0.3, -0.25) is 4.90 Å². The van der Waals surface area contributed by atoms with Crippen LogP contribution in [0.2, 0.25) is 5.02 Å². The maximum atomic E-state index is 6.09. The van der Waals surface area contributed by atoms with Crippen molar-refractivity contribution in [3.05, 3.63) is 11.2 Å². The van der Waals surface area contributed by atoms with Gasteiger partial charge in [0.15, 0.2) is 5.82 Å². The molecule has 1 unspecified atom stereocenters. The molecular weight excluding hydrogens is 252 g/mol. The molecular formula is C12H17ClN4O. The molecule has 1 aliphatic carbocycles. The molecule has 1 aromatic rings. The zero-order valence-corrected chi connectivity index (χ0v) is 11.2. The van der Waals surface area contributed by atoms with Crippen LogP contribution in [-0.4, -0.2) is 47.2 Å². The molecule has 2 heterocycles. The number of nitrogens with zero attached hydrogens (tertiary/aromatic N) is 3. The SMILES string of the molecule is COc1ncc(Cl)c(NC2CCN(C3CC3)C2)n1. The largest absolute Gasteiger partial charge is 0.467 e. The minimum absolute atomic E-state index is 0.346. The lowest BCUT2D eigenvalue weighted by Gasteiger charge is -2.16. The lowest BCUT2D eigenvalue weighted by atomic mass is 10.2. The van der Waals surface area contributed by atoms with Gasteiger partial charge < -0.3 is 10.1 Å². The summed E-state index contributed by atoms with van der Waals surface area (Å²) in [4.78, 5) is 10.8. The summed E-state index contributed by atoms with van der Waals surface area (Å²) < 4.78 is 5.01. The molecule has 2 fully saturated rings. The smallest absolute Gasteiger partial charge is 0.318 e. The minimum Gasteiger partial charge on any atom is -0.467 e. The van der Waals surface area contributed by atoms with Crippen LogP contribution in [0.1, 0.15) is 19.3 Å². The van der Waals surface area contributed by atoms with Gasteiger partial charge in [0.1, 0.15) is 5.02 Å². The van der Waals surface area contributed by atoms with Crippen molar-refractivity contribution in [3.63, 3.8) is 0 Å². The molecule has 5 nitrogen and oxygen atoms in total. The van der Waals surface area contributed by atoms with Gasteiger partial charge in [-0.05, 0) is 19.3 Å². The number of hydrogen-bond acceptors (Lipinski definition) is 5. The highest BCUT2D eigenvalue weighted by molar-refractivity contribution is 6.32. The Morgan fingerprint density at radius 1 is 1.44 bits per heavy atom. The maximum absolute atomic E-state index is 6.09. The van der Waals surface area contributed by atoms with Gasteiger partial charge in [0.25, 0.3) is 0 Å². The van der Waals surface area contributed by atoms with Crippen LogP contribution in [-0.2, 0) is 0 Å². The second-order valence-electron chi connectivity index (χ2n) is 4.91. The lowest BCUT2D eigenvalue weighted by Crippen LogP contribution is -2.28. The average Bonchev–Trinajstić information content (AvgIpc) is 3.13. The van der Waals surface area contributed by atoms with Gasteiger partial charge in [-0.2, -0.15) is 4.98 Å². The monoisotopic (exact) mass is 268 g/mol. The number of likely N-dealkylation sites (tertiary alicyclic amines) is 1. The molecule has 1 saturated heterocycles. The zero-order chi connectivity index (χ0) is 12.5. The number of halogens is 1. The Balaban J connectivity index is 1.65. The van der Waals surface area contributed by atoms with Crippen molar-refractivity contribution >= 4 is 17.4 Å². The van der Waals surface area contributed by atoms with E-state index in [1.807, 2.05) is 0 Å². The molecule has 18 heavy (non-hydrogen) atoms. The Morgan fingerprint density at radius 2 is 2.28 bits per heavy atom. The summed E-state index contributed by atoms with van der Waals surface area (Å²) in [5.41, 5.74) is 0. The summed E-state index contributed by atoms with van der Waals surface area (Å²) >= 11 is 6.09. The van der Waals surface area contributed by atoms with Gasteiger partial charge in [-0.1, -0.05) is 11.6 Å². The topological polar surface area (TPSA) is 50.3 Å². The molecule has 6 heteroatoms. The second-order valence-corrected chi connectivity index (χ2v) is 5.32. The van der Waals surface area contributed by atoms with Crippen molar-refractivity contribution in [2.75, 3.05) is 25.5 Å². The lowest BCUT2D eigenvalue weighted by molar-refractivity contribution is 0.326. The number of nitrogens with one attached hydrogen (secondary N) is 1. The highest BCUT2D eigenvalue weighted by Crippen LogP contribution is 2.31. The third-order valence-corrected chi connectivity index (χ3v) is 3.80. The van der Waals surface area contributed by atoms with E-state index >= 15 is 0 Å². The quantitative estimate of drug-likeness (QED) is 0.902. The van der Waals surface area contributed by atoms with Crippen LogP contribution in [0, 0.1) is 0 Å². The number of hydrogen-bond donors (Lipinski definition) is 1. The fourth-order valence-electron chi connectivity index (χ4n) is 2.42. The van der Waals surface area contributed by atoms with Gasteiger partial charge >= 0.3 is 6.01 Å². The first-order valence-electron chi connectivity index (χ1n) is 6.33. The van der Waals surface area contributed by atoms with E-state index in [1.165, 1.54) is 19.4 Å². The standard InChI is InChI=1S/C12H17ClN4O/c1-18-12-14-6-10(13)11(16-12)15-8-4-5-17(7-8)9-2-3-9/h6,8-9H,2-5,7H2,1H3,(H,14,15,16). The predicted molar refractivity (Wildman–Crippen MR) is 70.2 cm³/mol. The van der Waals surface area contributed by atoms with Crippen molar-refractivity contribution in [2.45, 2.75) is 31.3 Å². The number of ether oxygens (including phenoxy) is 1. The van der Waals surface area contributed by atoms with Crippen LogP contribution in [0.25, 0.3) is 0 Å². The van der Waals surface area contributed by atoms with Crippen LogP contribution < -0.4 is 10.1 Å². The summed E-state index contributed by atoms with van der Waals surface area (Å²) in [6, 6.07) is 1.59. The van der Waals surface area contributed by atoms with E-state index in [9.17, 15) is 0 Å². The second kappa shape index (κ2) is 4.90. The van der Waals surface area contributed by atoms with Crippen LogP contribution in [0.4, 0.5) is 5.82 Å². The first kappa shape index (κ1) is 12.0. The predicted octanol–water partition coefficient (Wildman–Crippen LogP) is 1.79. The average molecular weight is 269 g/mol. The molecule has 0 amide bonds. The van der Waals surface area contributed by atoms with Crippen molar-refractivity contribution in [1.82, 2.24) is 14.9 Å². The zero-order valence-electron chi connectivity index (χ0n) is 10.4. The van der Waals surface area contributed by atoms with E-state index in [-0.39, 0.29) is 0 Å². The Bertz CT molecular complexity index is 438. The van der Waals surface area contributed by atoms with Gasteiger partial charge in [0.05, 0.1) is 13.3 Å². The molecule has 1 N–H and O–H groups in total. The summed E-state index contributed by atoms with van der Waals surface area (Å²) in [6.07, 6.45) is 5.42. The Kier molecular flexibility index (Phi) is 3.26. The van der Waals surface area contributed by atoms with Gasteiger partial charge in [0.2, 0.25) is 0 Å². The number of methoxy groups -OCH3 is 1. The van der Waals surface area contributed by atoms with Gasteiger partial charge in [-0.25, -0.2) is 4.98 Å². The van der Waals surface area contributed by atoms with E-state index in [2.05, 4.69) is 20.2 Å². The molecule has 1 saturated carbocycles. The molecule has 0 aromatic carbocycles. The minimum atomic E-state index is 0.346. The third-order valence-electron chi connectivity index (χ3n) is 3.53. The van der Waals surface area contributed by atoms with Crippen LogP contribution in [0.5, 0.6) is 6.01 Å². The Labute approximate surface area is 112 Å². The molecule has 1 aliphatic heterocycles. The van der Waals surface area contributed by atoms with Gasteiger partial charge in [-0.15, -0.1) is 0 Å². The highest BCUT2D eigenvalue weighted by Gasteiger charge is 2.34. The van der Waals surface area contributed by atoms with E-state index in [0.29, 0.717) is 22.9 Å². The summed E-state index contributed by atoms with van der Waals surface area (Å²) in [7, 11) is 1.55. The molecule has 0 bridgehead atoms. The van der Waals surface area contributed by atoms with E-state index in [4.69, 9.17) is 16.3 Å². The molecule has 98 valence electrons. The molecule has 0 spiro atoms. The van der Waals surface area contributed by atoms with Gasteiger partial charge in [0, 0.05) is 25.2 Å². The van der Waals surface area contributed by atoms with Crippen molar-refractivity contribution in [1.29, 1.82) is 0 Å². The fourth-order valence-corrected chi connectivity index (χ4v) is 2.57. The maximum Gasteiger partial charge on any atom is 0.318 e. The van der Waals surface area contributed by atoms with Crippen LogP contribution in [0.3, 0.4) is 0 Å². The van der Waals surface area contributed by atoms with Crippen LogP contribution >= 0.6 is 11.6 Å². The fraction of sp³-hybridized carbons (Fsp3) is 0.667. The summed E-state index contributed by atoms with van der Waals surface area (Å²) in [5.74, 6) is 0.672. The Hall–Kier alpha value is -1.07. The number of aromatic nitrogens is 2. The molecule has 0 radical (unpaired) electrons. The number of rotatable bonds is 4. The molecule has 3 rings (SSSR count). The molecule has 1 aromatic heterocycles. The highest BCUT2D eigenvalue weighted by atomic mass is 35.5. The first-order valence-corrected chi connectivity index (χ1v) is 6.71. The van der Waals surface area contributed by atoms with E-state index < -0.39 is 0 Å². The van der Waals surface area contributed by atoms with Crippen molar-refractivity contribution in [2.24, 2.45) is 0 Å². The first-order chi connectivity index (χ1) is 8.76. The molecule has 2 aliphatic rings. The van der Waals surface area contributed by atoms with Crippen molar-refractivity contribution in [3.8, 4) is 6.01 Å². The summed E-state index contributed by atoms with van der Waals surface area (Å²) in [6.45, 7) is 2.25. The third kappa shape index (κ3) is 2.52. The van der Waals surface area contributed by atoms with E-state index in [0.717, 1.165) is 19.0 Å². The normalized spacial score (nSPS) is 24.2. The van der Waals surface area contributed by atoms with Crippen LogP contribution in [0.15, 0.2) is 6.20 Å². The Morgan fingerprint density at radius 3 is 3.00 bits per heavy atom. The van der Waals surface area contributed by atoms with Crippen molar-refractivity contribution < 1.29 is 4.74 Å². The number of anilines is 1. The summed E-state index contributed by atoms with van der Waals surface area (Å²) in [5, 5.41) is 3.93. The molecule has 1 atom stereocenters.